The maximum atomic E-state index is 9.47. The van der Waals surface area contributed by atoms with Crippen LogP contribution in [0.2, 0.25) is 0 Å². The number of aliphatic hydroxyl groups excluding tert-OH is 1. The first kappa shape index (κ1) is 11.4. The van der Waals surface area contributed by atoms with Gasteiger partial charge in [-0.05, 0) is 25.1 Å². The number of hydrogen-bond donors (Lipinski definition) is 1. The number of hydrogen-bond acceptors (Lipinski definition) is 5. The van der Waals surface area contributed by atoms with E-state index in [-0.39, 0.29) is 6.61 Å². The molecule has 0 spiro atoms. The third-order valence-electron chi connectivity index (χ3n) is 3.18. The molecule has 3 heterocycles. The van der Waals surface area contributed by atoms with Crippen molar-refractivity contribution in [1.82, 2.24) is 9.97 Å². The Kier molecular flexibility index (Phi) is 2.65. The van der Waals surface area contributed by atoms with Crippen LogP contribution in [-0.4, -0.2) is 34.9 Å². The summed E-state index contributed by atoms with van der Waals surface area (Å²) in [5.74, 6) is 2.17. The van der Waals surface area contributed by atoms with Gasteiger partial charge in [-0.25, -0.2) is 9.97 Å². The van der Waals surface area contributed by atoms with Gasteiger partial charge in [0.1, 0.15) is 17.3 Å². The maximum absolute atomic E-state index is 9.47. The first-order chi connectivity index (χ1) is 8.73. The van der Waals surface area contributed by atoms with Crippen LogP contribution in [0.4, 0.5) is 0 Å². The molecule has 5 heteroatoms. The number of nitrogens with zero attached hydrogens (tertiary/aromatic N) is 2. The van der Waals surface area contributed by atoms with Gasteiger partial charge in [-0.1, -0.05) is 0 Å². The van der Waals surface area contributed by atoms with Gasteiger partial charge >= 0.3 is 0 Å². The van der Waals surface area contributed by atoms with Gasteiger partial charge in [0.05, 0.1) is 25.2 Å². The summed E-state index contributed by atoms with van der Waals surface area (Å²) in [4.78, 5) is 8.72. The minimum absolute atomic E-state index is 0.00631. The van der Waals surface area contributed by atoms with Gasteiger partial charge < -0.3 is 14.3 Å². The highest BCUT2D eigenvalue weighted by Gasteiger charge is 2.42. The third kappa shape index (κ3) is 1.72. The molecule has 5 nitrogen and oxygen atoms in total. The first-order valence-electron chi connectivity index (χ1n) is 5.82. The molecule has 1 aliphatic heterocycles. The lowest BCUT2D eigenvalue weighted by molar-refractivity contribution is -0.0883. The fraction of sp³-hybridized carbons (Fsp3) is 0.385. The fourth-order valence-corrected chi connectivity index (χ4v) is 1.96. The third-order valence-corrected chi connectivity index (χ3v) is 3.18. The molecule has 0 aliphatic carbocycles. The van der Waals surface area contributed by atoms with E-state index in [1.54, 1.807) is 12.3 Å². The van der Waals surface area contributed by atoms with Crippen LogP contribution in [-0.2, 0) is 10.2 Å². The molecule has 0 radical (unpaired) electrons. The van der Waals surface area contributed by atoms with Crippen LogP contribution >= 0.6 is 0 Å². The summed E-state index contributed by atoms with van der Waals surface area (Å²) < 4.78 is 10.7. The SMILES string of the molecule is Cc1ccc(-c2ccnc(C3(CO)COC3)n2)o1. The molecule has 0 unspecified atom stereocenters. The molecule has 0 atom stereocenters. The molecule has 0 saturated carbocycles. The van der Waals surface area contributed by atoms with E-state index in [4.69, 9.17) is 9.15 Å². The van der Waals surface area contributed by atoms with E-state index in [0.29, 0.717) is 24.8 Å². The molecule has 2 aromatic rings. The van der Waals surface area contributed by atoms with Crippen molar-refractivity contribution >= 4 is 0 Å². The second-order valence-corrected chi connectivity index (χ2v) is 4.61. The molecule has 3 rings (SSSR count). The van der Waals surface area contributed by atoms with Crippen LogP contribution in [0, 0.1) is 6.92 Å². The standard InChI is InChI=1S/C13H14N2O3/c1-9-2-3-11(18-9)10-4-5-14-12(15-10)13(6-16)7-17-8-13/h2-5,16H,6-8H2,1H3. The van der Waals surface area contributed by atoms with Crippen LogP contribution < -0.4 is 0 Å². The van der Waals surface area contributed by atoms with Gasteiger partial charge in [-0.15, -0.1) is 0 Å². The van der Waals surface area contributed by atoms with Gasteiger partial charge in [-0.3, -0.25) is 0 Å². The second kappa shape index (κ2) is 4.19. The Morgan fingerprint density at radius 3 is 2.72 bits per heavy atom. The summed E-state index contributed by atoms with van der Waals surface area (Å²) in [6, 6.07) is 5.57. The van der Waals surface area contributed by atoms with E-state index >= 15 is 0 Å². The molecule has 1 saturated heterocycles. The lowest BCUT2D eigenvalue weighted by Crippen LogP contribution is -2.50. The quantitative estimate of drug-likeness (QED) is 0.884. The van der Waals surface area contributed by atoms with Crippen LogP contribution in [0.5, 0.6) is 0 Å². The van der Waals surface area contributed by atoms with Crippen molar-refractivity contribution in [3.63, 3.8) is 0 Å². The van der Waals surface area contributed by atoms with Crippen LogP contribution in [0.3, 0.4) is 0 Å². The number of aryl methyl sites for hydroxylation is 1. The number of furan rings is 1. The molecule has 0 amide bonds. The van der Waals surface area contributed by atoms with Gasteiger partial charge in [0.15, 0.2) is 5.76 Å². The molecule has 1 fully saturated rings. The van der Waals surface area contributed by atoms with Gasteiger partial charge in [-0.2, -0.15) is 0 Å². The predicted octanol–water partition coefficient (Wildman–Crippen LogP) is 1.31. The summed E-state index contributed by atoms with van der Waals surface area (Å²) in [5, 5.41) is 9.47. The zero-order valence-corrected chi connectivity index (χ0v) is 10.1. The normalized spacial score (nSPS) is 17.4. The molecule has 18 heavy (non-hydrogen) atoms. The van der Waals surface area contributed by atoms with Crippen molar-refractivity contribution in [2.75, 3.05) is 19.8 Å². The average Bonchev–Trinajstić information content (AvgIpc) is 2.76. The highest BCUT2D eigenvalue weighted by atomic mass is 16.5. The largest absolute Gasteiger partial charge is 0.460 e. The summed E-state index contributed by atoms with van der Waals surface area (Å²) in [6.45, 7) is 2.81. The van der Waals surface area contributed by atoms with Gasteiger partial charge in [0.25, 0.3) is 0 Å². The van der Waals surface area contributed by atoms with Crippen molar-refractivity contribution in [3.05, 3.63) is 36.0 Å². The molecular weight excluding hydrogens is 232 g/mol. The fourth-order valence-electron chi connectivity index (χ4n) is 1.96. The Morgan fingerprint density at radius 1 is 1.33 bits per heavy atom. The van der Waals surface area contributed by atoms with Crippen molar-refractivity contribution < 1.29 is 14.3 Å². The van der Waals surface area contributed by atoms with Crippen LogP contribution in [0.25, 0.3) is 11.5 Å². The zero-order valence-electron chi connectivity index (χ0n) is 10.1. The number of rotatable bonds is 3. The molecular formula is C13H14N2O3. The van der Waals surface area contributed by atoms with Gasteiger partial charge in [0.2, 0.25) is 0 Å². The summed E-state index contributed by atoms with van der Waals surface area (Å²) >= 11 is 0. The van der Waals surface area contributed by atoms with E-state index < -0.39 is 5.41 Å². The predicted molar refractivity (Wildman–Crippen MR) is 64.1 cm³/mol. The number of aromatic nitrogens is 2. The van der Waals surface area contributed by atoms with E-state index in [2.05, 4.69) is 9.97 Å². The highest BCUT2D eigenvalue weighted by molar-refractivity contribution is 5.51. The molecule has 0 aromatic carbocycles. The molecule has 1 N–H and O–H groups in total. The molecule has 2 aromatic heterocycles. The van der Waals surface area contributed by atoms with Crippen LogP contribution in [0.1, 0.15) is 11.6 Å². The monoisotopic (exact) mass is 246 g/mol. The van der Waals surface area contributed by atoms with Crippen molar-refractivity contribution in [1.29, 1.82) is 0 Å². The Labute approximate surface area is 104 Å². The van der Waals surface area contributed by atoms with Crippen LogP contribution in [0.15, 0.2) is 28.8 Å². The van der Waals surface area contributed by atoms with E-state index in [9.17, 15) is 5.11 Å². The maximum Gasteiger partial charge on any atom is 0.152 e. The number of ether oxygens (including phenoxy) is 1. The lowest BCUT2D eigenvalue weighted by atomic mass is 9.86. The molecule has 0 bridgehead atoms. The van der Waals surface area contributed by atoms with Crippen molar-refractivity contribution in [2.45, 2.75) is 12.3 Å². The highest BCUT2D eigenvalue weighted by Crippen LogP contribution is 2.30. The minimum atomic E-state index is -0.447. The van der Waals surface area contributed by atoms with E-state index in [1.807, 2.05) is 19.1 Å². The minimum Gasteiger partial charge on any atom is -0.460 e. The first-order valence-corrected chi connectivity index (χ1v) is 5.82. The zero-order chi connectivity index (χ0) is 12.6. The Hall–Kier alpha value is -1.72. The molecule has 94 valence electrons. The van der Waals surface area contributed by atoms with Gasteiger partial charge in [0, 0.05) is 6.20 Å². The van der Waals surface area contributed by atoms with Crippen molar-refractivity contribution in [2.24, 2.45) is 0 Å². The topological polar surface area (TPSA) is 68.4 Å². The Morgan fingerprint density at radius 2 is 2.17 bits per heavy atom. The summed E-state index contributed by atoms with van der Waals surface area (Å²) in [7, 11) is 0. The average molecular weight is 246 g/mol. The Balaban J connectivity index is 1.99. The second-order valence-electron chi connectivity index (χ2n) is 4.61. The molecule has 1 aliphatic rings. The summed E-state index contributed by atoms with van der Waals surface area (Å²) in [6.07, 6.45) is 1.69. The Bertz CT molecular complexity index is 555. The van der Waals surface area contributed by atoms with E-state index in [0.717, 1.165) is 11.5 Å². The van der Waals surface area contributed by atoms with E-state index in [1.165, 1.54) is 0 Å². The number of aliphatic hydroxyl groups is 1. The summed E-state index contributed by atoms with van der Waals surface area (Å²) in [5.41, 5.74) is 0.283. The lowest BCUT2D eigenvalue weighted by Gasteiger charge is -2.38. The smallest absolute Gasteiger partial charge is 0.152 e. The van der Waals surface area contributed by atoms with Crippen molar-refractivity contribution in [3.8, 4) is 11.5 Å².